The molecule has 2 N–H and O–H groups in total. The third-order valence-corrected chi connectivity index (χ3v) is 2.79. The van der Waals surface area contributed by atoms with Gasteiger partial charge in [-0.05, 0) is 43.1 Å². The molecule has 0 aliphatic carbocycles. The molecule has 16 heavy (non-hydrogen) atoms. The number of ether oxygens (including phenoxy) is 1. The molecule has 0 unspecified atom stereocenters. The van der Waals surface area contributed by atoms with Crippen molar-refractivity contribution in [2.45, 2.75) is 19.8 Å². The highest BCUT2D eigenvalue weighted by Crippen LogP contribution is 2.27. The van der Waals surface area contributed by atoms with E-state index in [4.69, 9.17) is 4.74 Å². The second-order valence-electron chi connectivity index (χ2n) is 4.05. The van der Waals surface area contributed by atoms with Gasteiger partial charge in [0.2, 0.25) is 0 Å². The van der Waals surface area contributed by atoms with Crippen LogP contribution in [0.1, 0.15) is 18.9 Å². The fourth-order valence-corrected chi connectivity index (χ4v) is 1.94. The van der Waals surface area contributed by atoms with Crippen molar-refractivity contribution in [1.29, 1.82) is 0 Å². The molecule has 1 aromatic rings. The number of likely N-dealkylation sites (N-methyl/N-ethyl adjacent to an activating group) is 1. The number of rotatable bonds is 5. The Balaban J connectivity index is 1.90. The zero-order valence-electron chi connectivity index (χ0n) is 9.88. The first-order valence-electron chi connectivity index (χ1n) is 6.10. The third-order valence-electron chi connectivity index (χ3n) is 2.79. The highest BCUT2D eigenvalue weighted by molar-refractivity contribution is 5.51. The molecule has 3 heteroatoms. The first-order chi connectivity index (χ1) is 7.90. The zero-order chi connectivity index (χ0) is 11.2. The molecule has 1 aliphatic rings. The molecule has 0 amide bonds. The SMILES string of the molecule is CCNCCNc1ccc2c(c1)CCCO2. The second kappa shape index (κ2) is 5.75. The lowest BCUT2D eigenvalue weighted by Crippen LogP contribution is -2.21. The van der Waals surface area contributed by atoms with Crippen LogP contribution in [-0.4, -0.2) is 26.2 Å². The lowest BCUT2D eigenvalue weighted by molar-refractivity contribution is 0.288. The molecule has 3 nitrogen and oxygen atoms in total. The fraction of sp³-hybridized carbons (Fsp3) is 0.538. The van der Waals surface area contributed by atoms with E-state index >= 15 is 0 Å². The molecular formula is C13H20N2O. The molecule has 1 heterocycles. The highest BCUT2D eigenvalue weighted by atomic mass is 16.5. The Kier molecular flexibility index (Phi) is 4.05. The van der Waals surface area contributed by atoms with Gasteiger partial charge in [0.1, 0.15) is 5.75 Å². The Hall–Kier alpha value is -1.22. The van der Waals surface area contributed by atoms with Crippen LogP contribution in [0.2, 0.25) is 0 Å². The van der Waals surface area contributed by atoms with E-state index in [1.807, 2.05) is 0 Å². The van der Waals surface area contributed by atoms with E-state index in [9.17, 15) is 0 Å². The van der Waals surface area contributed by atoms with Gasteiger partial charge < -0.3 is 15.4 Å². The maximum atomic E-state index is 5.58. The summed E-state index contributed by atoms with van der Waals surface area (Å²) in [5, 5.41) is 6.71. The lowest BCUT2D eigenvalue weighted by Gasteiger charge is -2.18. The quantitative estimate of drug-likeness (QED) is 0.745. The zero-order valence-corrected chi connectivity index (χ0v) is 9.88. The van der Waals surface area contributed by atoms with Crippen LogP contribution in [0, 0.1) is 0 Å². The normalized spacial score (nSPS) is 14.1. The molecule has 0 atom stereocenters. The van der Waals surface area contributed by atoms with Gasteiger partial charge in [-0.2, -0.15) is 0 Å². The van der Waals surface area contributed by atoms with E-state index in [-0.39, 0.29) is 0 Å². The average molecular weight is 220 g/mol. The highest BCUT2D eigenvalue weighted by Gasteiger charge is 2.09. The van der Waals surface area contributed by atoms with Crippen LogP contribution in [0.4, 0.5) is 5.69 Å². The van der Waals surface area contributed by atoms with Gasteiger partial charge in [-0.1, -0.05) is 6.92 Å². The number of hydrogen-bond donors (Lipinski definition) is 2. The molecule has 0 saturated heterocycles. The van der Waals surface area contributed by atoms with Crippen molar-refractivity contribution in [2.75, 3.05) is 31.6 Å². The lowest BCUT2D eigenvalue weighted by atomic mass is 10.1. The van der Waals surface area contributed by atoms with Crippen molar-refractivity contribution < 1.29 is 4.74 Å². The van der Waals surface area contributed by atoms with Gasteiger partial charge in [-0.3, -0.25) is 0 Å². The molecule has 0 radical (unpaired) electrons. The molecule has 0 spiro atoms. The third kappa shape index (κ3) is 2.89. The van der Waals surface area contributed by atoms with Crippen LogP contribution in [0.15, 0.2) is 18.2 Å². The van der Waals surface area contributed by atoms with Crippen molar-refractivity contribution >= 4 is 5.69 Å². The summed E-state index contributed by atoms with van der Waals surface area (Å²) in [7, 11) is 0. The molecule has 0 bridgehead atoms. The fourth-order valence-electron chi connectivity index (χ4n) is 1.94. The van der Waals surface area contributed by atoms with E-state index < -0.39 is 0 Å². The monoisotopic (exact) mass is 220 g/mol. The number of fused-ring (bicyclic) bond motifs is 1. The number of hydrogen-bond acceptors (Lipinski definition) is 3. The van der Waals surface area contributed by atoms with Crippen LogP contribution in [0.5, 0.6) is 5.75 Å². The summed E-state index contributed by atoms with van der Waals surface area (Å²) in [6.45, 7) is 5.98. The van der Waals surface area contributed by atoms with Crippen LogP contribution >= 0.6 is 0 Å². The second-order valence-corrected chi connectivity index (χ2v) is 4.05. The molecule has 2 rings (SSSR count). The van der Waals surface area contributed by atoms with Crippen molar-refractivity contribution in [1.82, 2.24) is 5.32 Å². The Morgan fingerprint density at radius 2 is 2.25 bits per heavy atom. The van der Waals surface area contributed by atoms with E-state index in [0.717, 1.165) is 44.8 Å². The molecule has 0 aromatic heterocycles. The van der Waals surface area contributed by atoms with Gasteiger partial charge in [-0.15, -0.1) is 0 Å². The number of nitrogens with one attached hydrogen (secondary N) is 2. The summed E-state index contributed by atoms with van der Waals surface area (Å²) >= 11 is 0. The first-order valence-corrected chi connectivity index (χ1v) is 6.10. The minimum absolute atomic E-state index is 0.861. The summed E-state index contributed by atoms with van der Waals surface area (Å²) in [6, 6.07) is 6.38. The molecule has 1 aliphatic heterocycles. The number of benzene rings is 1. The Morgan fingerprint density at radius 1 is 1.31 bits per heavy atom. The van der Waals surface area contributed by atoms with Gasteiger partial charge in [-0.25, -0.2) is 0 Å². The number of aryl methyl sites for hydroxylation is 1. The van der Waals surface area contributed by atoms with E-state index in [2.05, 4.69) is 35.8 Å². The molecule has 88 valence electrons. The Bertz CT molecular complexity index is 339. The predicted molar refractivity (Wildman–Crippen MR) is 67.3 cm³/mol. The summed E-state index contributed by atoms with van der Waals surface area (Å²) in [4.78, 5) is 0. The van der Waals surface area contributed by atoms with Crippen molar-refractivity contribution in [3.05, 3.63) is 23.8 Å². The van der Waals surface area contributed by atoms with Crippen molar-refractivity contribution in [3.63, 3.8) is 0 Å². The van der Waals surface area contributed by atoms with Gasteiger partial charge in [0, 0.05) is 18.8 Å². The van der Waals surface area contributed by atoms with Gasteiger partial charge in [0.05, 0.1) is 6.61 Å². The van der Waals surface area contributed by atoms with E-state index in [0.29, 0.717) is 0 Å². The van der Waals surface area contributed by atoms with Gasteiger partial charge >= 0.3 is 0 Å². The summed E-state index contributed by atoms with van der Waals surface area (Å²) in [5.74, 6) is 1.06. The molecule has 0 fully saturated rings. The topological polar surface area (TPSA) is 33.3 Å². The molecular weight excluding hydrogens is 200 g/mol. The Labute approximate surface area is 97.2 Å². The van der Waals surface area contributed by atoms with Crippen LogP contribution in [0.3, 0.4) is 0 Å². The molecule has 0 saturated carbocycles. The van der Waals surface area contributed by atoms with Gasteiger partial charge in [0.15, 0.2) is 0 Å². The summed E-state index contributed by atoms with van der Waals surface area (Å²) in [5.41, 5.74) is 2.53. The van der Waals surface area contributed by atoms with Crippen LogP contribution in [0.25, 0.3) is 0 Å². The van der Waals surface area contributed by atoms with E-state index in [1.165, 1.54) is 11.3 Å². The van der Waals surface area contributed by atoms with Crippen molar-refractivity contribution in [2.24, 2.45) is 0 Å². The average Bonchev–Trinajstić information content (AvgIpc) is 2.34. The van der Waals surface area contributed by atoms with Gasteiger partial charge in [0.25, 0.3) is 0 Å². The Morgan fingerprint density at radius 3 is 3.12 bits per heavy atom. The maximum Gasteiger partial charge on any atom is 0.122 e. The maximum absolute atomic E-state index is 5.58. The van der Waals surface area contributed by atoms with E-state index in [1.54, 1.807) is 0 Å². The van der Waals surface area contributed by atoms with Crippen LogP contribution < -0.4 is 15.4 Å². The minimum atomic E-state index is 0.861. The summed E-state index contributed by atoms with van der Waals surface area (Å²) < 4.78 is 5.58. The first kappa shape index (κ1) is 11.3. The molecule has 1 aromatic carbocycles. The minimum Gasteiger partial charge on any atom is -0.493 e. The standard InChI is InChI=1S/C13H20N2O/c1-2-14-7-8-15-12-5-6-13-11(10-12)4-3-9-16-13/h5-6,10,14-15H,2-4,7-9H2,1H3. The van der Waals surface area contributed by atoms with Crippen LogP contribution in [-0.2, 0) is 6.42 Å². The largest absolute Gasteiger partial charge is 0.493 e. The summed E-state index contributed by atoms with van der Waals surface area (Å²) in [6.07, 6.45) is 2.27. The predicted octanol–water partition coefficient (Wildman–Crippen LogP) is 2.03. The number of anilines is 1. The van der Waals surface area contributed by atoms with Crippen molar-refractivity contribution in [3.8, 4) is 5.75 Å². The smallest absolute Gasteiger partial charge is 0.122 e.